The maximum Gasteiger partial charge on any atom is 0.417 e. The lowest BCUT2D eigenvalue weighted by Gasteiger charge is -2.26. The molecule has 0 bridgehead atoms. The molecule has 0 aliphatic heterocycles. The van der Waals surface area contributed by atoms with Crippen LogP contribution >= 0.6 is 0 Å². The van der Waals surface area contributed by atoms with E-state index in [1.54, 1.807) is 19.0 Å². The largest absolute Gasteiger partial charge is 0.496 e. The second kappa shape index (κ2) is 7.21. The third-order valence-corrected chi connectivity index (χ3v) is 3.63. The molecule has 0 heterocycles. The molecule has 8 heteroatoms. The molecule has 138 valence electrons. The molecule has 0 aliphatic carbocycles. The minimum atomic E-state index is -4.91. The summed E-state index contributed by atoms with van der Waals surface area (Å²) in [5.41, 5.74) is -3.50. The van der Waals surface area contributed by atoms with Gasteiger partial charge in [0.15, 0.2) is 0 Å². The van der Waals surface area contributed by atoms with Gasteiger partial charge in [-0.05, 0) is 38.1 Å². The molecule has 0 fully saturated rings. The van der Waals surface area contributed by atoms with Gasteiger partial charge >= 0.3 is 12.4 Å². The zero-order valence-electron chi connectivity index (χ0n) is 14.2. The van der Waals surface area contributed by atoms with Crippen LogP contribution < -0.4 is 4.74 Å². The molecule has 0 aromatic heterocycles. The molecule has 1 aromatic carbocycles. The van der Waals surface area contributed by atoms with Crippen molar-refractivity contribution in [2.75, 3.05) is 27.7 Å². The third-order valence-electron chi connectivity index (χ3n) is 3.63. The maximum atomic E-state index is 13.6. The molecule has 1 rings (SSSR count). The molecule has 2 nitrogen and oxygen atoms in total. The molecule has 0 saturated carbocycles. The predicted molar refractivity (Wildman–Crippen MR) is 79.3 cm³/mol. The molecular formula is C16H21F6NO. The van der Waals surface area contributed by atoms with Gasteiger partial charge in [0.05, 0.1) is 18.2 Å². The van der Waals surface area contributed by atoms with Gasteiger partial charge in [-0.3, -0.25) is 0 Å². The normalized spacial score (nSPS) is 13.0. The summed E-state index contributed by atoms with van der Waals surface area (Å²) in [5.74, 6) is -1.03. The van der Waals surface area contributed by atoms with E-state index in [0.717, 1.165) is 7.11 Å². The van der Waals surface area contributed by atoms with Crippen LogP contribution in [-0.2, 0) is 18.8 Å². The first-order valence-electron chi connectivity index (χ1n) is 7.33. The molecule has 0 amide bonds. The average Bonchev–Trinajstić information content (AvgIpc) is 2.40. The third kappa shape index (κ3) is 4.55. The summed E-state index contributed by atoms with van der Waals surface area (Å²) in [6, 6.07) is 0.676. The first-order valence-corrected chi connectivity index (χ1v) is 7.33. The summed E-state index contributed by atoms with van der Waals surface area (Å²) in [6.07, 6.45) is -10.2. The fourth-order valence-corrected chi connectivity index (χ4v) is 2.63. The summed E-state index contributed by atoms with van der Waals surface area (Å²) >= 11 is 0. The molecular weight excluding hydrogens is 336 g/mol. The first kappa shape index (κ1) is 20.6. The van der Waals surface area contributed by atoms with E-state index < -0.39 is 40.7 Å². The lowest BCUT2D eigenvalue weighted by Crippen LogP contribution is -2.24. The minimum absolute atomic E-state index is 0.0655. The van der Waals surface area contributed by atoms with Crippen LogP contribution in [-0.4, -0.2) is 32.6 Å². The molecule has 24 heavy (non-hydrogen) atoms. The van der Waals surface area contributed by atoms with Gasteiger partial charge in [-0.2, -0.15) is 26.3 Å². The summed E-state index contributed by atoms with van der Waals surface area (Å²) < 4.78 is 85.8. The zero-order valence-corrected chi connectivity index (χ0v) is 14.2. The van der Waals surface area contributed by atoms with Crippen molar-refractivity contribution in [3.8, 4) is 5.75 Å². The van der Waals surface area contributed by atoms with E-state index in [2.05, 4.69) is 0 Å². The van der Waals surface area contributed by atoms with Crippen LogP contribution in [0, 0.1) is 0 Å². The van der Waals surface area contributed by atoms with Gasteiger partial charge < -0.3 is 9.64 Å². The number of ether oxygens (including phenoxy) is 1. The Balaban J connectivity index is 3.86. The Labute approximate surface area is 137 Å². The second-order valence-corrected chi connectivity index (χ2v) is 6.10. The van der Waals surface area contributed by atoms with Gasteiger partial charge in [0.1, 0.15) is 5.75 Å². The predicted octanol–water partition coefficient (Wildman–Crippen LogP) is 4.96. The van der Waals surface area contributed by atoms with Gasteiger partial charge in [0.2, 0.25) is 0 Å². The number of hydrogen-bond donors (Lipinski definition) is 0. The molecule has 0 aliphatic rings. The number of methoxy groups -OCH3 is 1. The van der Waals surface area contributed by atoms with Crippen molar-refractivity contribution in [3.63, 3.8) is 0 Å². The highest BCUT2D eigenvalue weighted by molar-refractivity contribution is 5.53. The van der Waals surface area contributed by atoms with Gasteiger partial charge in [-0.15, -0.1) is 0 Å². The summed E-state index contributed by atoms with van der Waals surface area (Å²) in [4.78, 5) is 1.54. The maximum absolute atomic E-state index is 13.6. The van der Waals surface area contributed by atoms with Crippen LogP contribution in [0.3, 0.4) is 0 Å². The van der Waals surface area contributed by atoms with Crippen molar-refractivity contribution in [2.45, 2.75) is 38.5 Å². The monoisotopic (exact) mass is 357 g/mol. The van der Waals surface area contributed by atoms with E-state index in [4.69, 9.17) is 4.74 Å². The highest BCUT2D eigenvalue weighted by Gasteiger charge is 2.44. The Morgan fingerprint density at radius 2 is 1.58 bits per heavy atom. The molecule has 0 atom stereocenters. The lowest BCUT2D eigenvalue weighted by molar-refractivity contribution is -0.145. The summed E-state index contributed by atoms with van der Waals surface area (Å²) in [5, 5.41) is 0. The molecule has 0 radical (unpaired) electrons. The minimum Gasteiger partial charge on any atom is -0.496 e. The quantitative estimate of drug-likeness (QED) is 0.691. The Morgan fingerprint density at radius 1 is 1.04 bits per heavy atom. The van der Waals surface area contributed by atoms with Gasteiger partial charge in [0.25, 0.3) is 0 Å². The number of halogens is 6. The number of rotatable bonds is 5. The van der Waals surface area contributed by atoms with E-state index in [1.165, 1.54) is 13.8 Å². The van der Waals surface area contributed by atoms with Crippen molar-refractivity contribution < 1.29 is 31.1 Å². The Bertz CT molecular complexity index is 575. The van der Waals surface area contributed by atoms with Crippen LogP contribution in [0.15, 0.2) is 6.07 Å². The zero-order chi connectivity index (χ0) is 18.9. The molecule has 0 saturated heterocycles. The van der Waals surface area contributed by atoms with Crippen LogP contribution in [0.4, 0.5) is 26.3 Å². The van der Waals surface area contributed by atoms with Crippen LogP contribution in [0.25, 0.3) is 0 Å². The molecule has 0 unspecified atom stereocenters. The summed E-state index contributed by atoms with van der Waals surface area (Å²) in [6.45, 7) is 3.06. The molecule has 0 N–H and O–H groups in total. The Morgan fingerprint density at radius 3 is 1.92 bits per heavy atom. The smallest absolute Gasteiger partial charge is 0.417 e. The SMILES string of the molecule is COc1cc(C(F)(F)F)c(CCN(C)C)c(C(F)(F)F)c1C(C)C. The number of nitrogens with zero attached hydrogens (tertiary/aromatic N) is 1. The lowest BCUT2D eigenvalue weighted by atomic mass is 9.87. The topological polar surface area (TPSA) is 12.5 Å². The van der Waals surface area contributed by atoms with Crippen molar-refractivity contribution in [2.24, 2.45) is 0 Å². The first-order chi connectivity index (χ1) is 10.8. The van der Waals surface area contributed by atoms with Crippen LogP contribution in [0.5, 0.6) is 5.75 Å². The van der Waals surface area contributed by atoms with E-state index in [-0.39, 0.29) is 18.5 Å². The second-order valence-electron chi connectivity index (χ2n) is 6.10. The van der Waals surface area contributed by atoms with E-state index in [9.17, 15) is 26.3 Å². The van der Waals surface area contributed by atoms with E-state index in [0.29, 0.717) is 6.07 Å². The van der Waals surface area contributed by atoms with Crippen molar-refractivity contribution in [3.05, 3.63) is 28.3 Å². The van der Waals surface area contributed by atoms with Gasteiger partial charge in [-0.25, -0.2) is 0 Å². The van der Waals surface area contributed by atoms with Crippen LogP contribution in [0.2, 0.25) is 0 Å². The van der Waals surface area contributed by atoms with E-state index in [1.807, 2.05) is 0 Å². The van der Waals surface area contributed by atoms with Crippen molar-refractivity contribution >= 4 is 0 Å². The number of likely N-dealkylation sites (N-methyl/N-ethyl adjacent to an activating group) is 1. The highest BCUT2D eigenvalue weighted by Crippen LogP contribution is 2.47. The van der Waals surface area contributed by atoms with Gasteiger partial charge in [0, 0.05) is 12.1 Å². The molecule has 1 aromatic rings. The number of hydrogen-bond acceptors (Lipinski definition) is 2. The number of alkyl halides is 6. The molecule has 0 spiro atoms. The van der Waals surface area contributed by atoms with Crippen LogP contribution in [0.1, 0.15) is 42.0 Å². The van der Waals surface area contributed by atoms with Gasteiger partial charge in [-0.1, -0.05) is 13.8 Å². The van der Waals surface area contributed by atoms with Crippen molar-refractivity contribution in [1.82, 2.24) is 4.90 Å². The Kier molecular flexibility index (Phi) is 6.19. The standard InChI is InChI=1S/C16H21F6NO/c1-9(2)13-12(24-5)8-11(15(17,18)19)10(6-7-23(3)4)14(13)16(20,21)22/h8-9H,6-7H2,1-5H3. The fourth-order valence-electron chi connectivity index (χ4n) is 2.63. The Hall–Kier alpha value is -1.44. The summed E-state index contributed by atoms with van der Waals surface area (Å²) in [7, 11) is 4.25. The fraction of sp³-hybridized carbons (Fsp3) is 0.625. The van der Waals surface area contributed by atoms with E-state index >= 15 is 0 Å². The highest BCUT2D eigenvalue weighted by atomic mass is 19.4. The average molecular weight is 357 g/mol. The number of benzene rings is 1. The van der Waals surface area contributed by atoms with Crippen molar-refractivity contribution in [1.29, 1.82) is 0 Å².